The topological polar surface area (TPSA) is 16.1 Å². The normalized spacial score (nSPS) is 18.7. The smallest absolute Gasteiger partial charge is 0.0410 e. The molecule has 82 valence electrons. The van der Waals surface area contributed by atoms with Crippen LogP contribution in [0, 0.1) is 0 Å². The minimum atomic E-state index is 1.03. The number of nitrogens with zero attached hydrogens (tertiary/aromatic N) is 2. The standard InChI is InChI=1S/C11H15BrN2S/c12-11-6-10(7-13-8-11)9-14-2-1-4-15-5-3-14/h6-8H,1-5,9H2. The fourth-order valence-electron chi connectivity index (χ4n) is 1.76. The fraction of sp³-hybridized carbons (Fsp3) is 0.545. The first kappa shape index (κ1) is 11.4. The van der Waals surface area contributed by atoms with Crippen molar-refractivity contribution < 1.29 is 0 Å². The van der Waals surface area contributed by atoms with Gasteiger partial charge in [-0.2, -0.15) is 11.8 Å². The summed E-state index contributed by atoms with van der Waals surface area (Å²) in [5.41, 5.74) is 1.30. The zero-order valence-corrected chi connectivity index (χ0v) is 11.1. The van der Waals surface area contributed by atoms with Crippen LogP contribution < -0.4 is 0 Å². The van der Waals surface area contributed by atoms with E-state index in [1.54, 1.807) is 0 Å². The van der Waals surface area contributed by atoms with Gasteiger partial charge < -0.3 is 0 Å². The zero-order chi connectivity index (χ0) is 10.5. The van der Waals surface area contributed by atoms with Crippen molar-refractivity contribution in [2.24, 2.45) is 0 Å². The van der Waals surface area contributed by atoms with Gasteiger partial charge in [-0.1, -0.05) is 0 Å². The highest BCUT2D eigenvalue weighted by molar-refractivity contribution is 9.10. The maximum absolute atomic E-state index is 4.19. The van der Waals surface area contributed by atoms with E-state index >= 15 is 0 Å². The number of halogens is 1. The Hall–Kier alpha value is -0.0600. The lowest BCUT2D eigenvalue weighted by molar-refractivity contribution is 0.287. The monoisotopic (exact) mass is 286 g/mol. The minimum absolute atomic E-state index is 1.03. The molecule has 0 amide bonds. The summed E-state index contributed by atoms with van der Waals surface area (Å²) < 4.78 is 1.07. The maximum Gasteiger partial charge on any atom is 0.0410 e. The molecule has 2 rings (SSSR count). The van der Waals surface area contributed by atoms with Gasteiger partial charge in [0.25, 0.3) is 0 Å². The molecule has 15 heavy (non-hydrogen) atoms. The van der Waals surface area contributed by atoms with E-state index < -0.39 is 0 Å². The molecule has 1 aromatic heterocycles. The van der Waals surface area contributed by atoms with Crippen LogP contribution in [0.5, 0.6) is 0 Å². The molecule has 0 atom stereocenters. The van der Waals surface area contributed by atoms with Crippen molar-refractivity contribution in [3.8, 4) is 0 Å². The van der Waals surface area contributed by atoms with Crippen LogP contribution >= 0.6 is 27.7 Å². The van der Waals surface area contributed by atoms with Crippen molar-refractivity contribution in [3.05, 3.63) is 28.5 Å². The third-order valence-corrected chi connectivity index (χ3v) is 3.96. The second kappa shape index (κ2) is 5.87. The van der Waals surface area contributed by atoms with E-state index in [4.69, 9.17) is 0 Å². The van der Waals surface area contributed by atoms with Gasteiger partial charge in [-0.25, -0.2) is 0 Å². The molecule has 1 aromatic rings. The summed E-state index contributed by atoms with van der Waals surface area (Å²) in [5, 5.41) is 0. The first-order chi connectivity index (χ1) is 7.34. The SMILES string of the molecule is Brc1cncc(CN2CCCSCC2)c1. The Morgan fingerprint density at radius 2 is 2.27 bits per heavy atom. The molecule has 1 aliphatic heterocycles. The zero-order valence-electron chi connectivity index (χ0n) is 8.66. The summed E-state index contributed by atoms with van der Waals surface area (Å²) in [6.07, 6.45) is 5.11. The molecule has 1 saturated heterocycles. The molecule has 0 aliphatic carbocycles. The van der Waals surface area contributed by atoms with Gasteiger partial charge in [0, 0.05) is 35.7 Å². The van der Waals surface area contributed by atoms with Crippen molar-refractivity contribution in [1.82, 2.24) is 9.88 Å². The van der Waals surface area contributed by atoms with Gasteiger partial charge in [-0.15, -0.1) is 0 Å². The molecule has 2 heterocycles. The maximum atomic E-state index is 4.19. The lowest BCUT2D eigenvalue weighted by Gasteiger charge is -2.19. The van der Waals surface area contributed by atoms with Gasteiger partial charge in [0.05, 0.1) is 0 Å². The van der Waals surface area contributed by atoms with Gasteiger partial charge in [0.2, 0.25) is 0 Å². The second-order valence-electron chi connectivity index (χ2n) is 3.75. The highest BCUT2D eigenvalue weighted by Crippen LogP contribution is 2.15. The van der Waals surface area contributed by atoms with Gasteiger partial charge in [0.1, 0.15) is 0 Å². The molecule has 0 bridgehead atoms. The summed E-state index contributed by atoms with van der Waals surface area (Å²) in [6, 6.07) is 2.16. The van der Waals surface area contributed by atoms with Crippen molar-refractivity contribution in [1.29, 1.82) is 0 Å². The number of hydrogen-bond acceptors (Lipinski definition) is 3. The van der Waals surface area contributed by atoms with E-state index in [0.717, 1.165) is 11.0 Å². The van der Waals surface area contributed by atoms with Gasteiger partial charge in [0.15, 0.2) is 0 Å². The van der Waals surface area contributed by atoms with Gasteiger partial charge in [-0.3, -0.25) is 9.88 Å². The molecule has 0 spiro atoms. The fourth-order valence-corrected chi connectivity index (χ4v) is 3.09. The Kier molecular flexibility index (Phi) is 4.47. The summed E-state index contributed by atoms with van der Waals surface area (Å²) >= 11 is 5.52. The quantitative estimate of drug-likeness (QED) is 0.832. The number of thioether (sulfide) groups is 1. The molecule has 0 N–H and O–H groups in total. The van der Waals surface area contributed by atoms with Crippen molar-refractivity contribution in [3.63, 3.8) is 0 Å². The molecule has 0 unspecified atom stereocenters. The summed E-state index contributed by atoms with van der Waals surface area (Å²) in [7, 11) is 0. The van der Waals surface area contributed by atoms with Crippen LogP contribution in [-0.4, -0.2) is 34.5 Å². The Morgan fingerprint density at radius 1 is 1.33 bits per heavy atom. The number of rotatable bonds is 2. The van der Waals surface area contributed by atoms with E-state index in [1.165, 1.54) is 36.6 Å². The Balaban J connectivity index is 1.95. The van der Waals surface area contributed by atoms with Crippen LogP contribution in [0.15, 0.2) is 22.9 Å². The minimum Gasteiger partial charge on any atom is -0.298 e. The molecular formula is C11H15BrN2S. The predicted octanol–water partition coefficient (Wildman–Crippen LogP) is 2.78. The summed E-state index contributed by atoms with van der Waals surface area (Å²) in [6.45, 7) is 3.46. The Bertz CT molecular complexity index is 311. The van der Waals surface area contributed by atoms with Crippen LogP contribution in [0.3, 0.4) is 0 Å². The predicted molar refractivity (Wildman–Crippen MR) is 69.2 cm³/mol. The molecular weight excluding hydrogens is 272 g/mol. The van der Waals surface area contributed by atoms with Crippen molar-refractivity contribution in [2.75, 3.05) is 24.6 Å². The van der Waals surface area contributed by atoms with Crippen LogP contribution in [0.4, 0.5) is 0 Å². The highest BCUT2D eigenvalue weighted by Gasteiger charge is 2.09. The number of aromatic nitrogens is 1. The van der Waals surface area contributed by atoms with E-state index in [1.807, 2.05) is 12.4 Å². The van der Waals surface area contributed by atoms with Gasteiger partial charge >= 0.3 is 0 Å². The Labute approximate surface area is 104 Å². The lowest BCUT2D eigenvalue weighted by Crippen LogP contribution is -2.25. The summed E-state index contributed by atoms with van der Waals surface area (Å²) in [5.74, 6) is 2.58. The summed E-state index contributed by atoms with van der Waals surface area (Å²) in [4.78, 5) is 6.71. The molecule has 4 heteroatoms. The van der Waals surface area contributed by atoms with Crippen LogP contribution in [0.1, 0.15) is 12.0 Å². The molecule has 2 nitrogen and oxygen atoms in total. The van der Waals surface area contributed by atoms with E-state index in [-0.39, 0.29) is 0 Å². The van der Waals surface area contributed by atoms with Crippen LogP contribution in [0.25, 0.3) is 0 Å². The second-order valence-corrected chi connectivity index (χ2v) is 5.89. The average molecular weight is 287 g/mol. The molecule has 1 aliphatic rings. The third-order valence-electron chi connectivity index (χ3n) is 2.48. The molecule has 1 fully saturated rings. The highest BCUT2D eigenvalue weighted by atomic mass is 79.9. The first-order valence-corrected chi connectivity index (χ1v) is 7.19. The van der Waals surface area contributed by atoms with Crippen LogP contribution in [-0.2, 0) is 6.54 Å². The van der Waals surface area contributed by atoms with E-state index in [0.29, 0.717) is 0 Å². The molecule has 0 aromatic carbocycles. The van der Waals surface area contributed by atoms with Crippen molar-refractivity contribution >= 4 is 27.7 Å². The molecule has 0 radical (unpaired) electrons. The largest absolute Gasteiger partial charge is 0.298 e. The van der Waals surface area contributed by atoms with Gasteiger partial charge in [-0.05, 0) is 46.3 Å². The molecule has 0 saturated carbocycles. The van der Waals surface area contributed by atoms with Crippen molar-refractivity contribution in [2.45, 2.75) is 13.0 Å². The Morgan fingerprint density at radius 3 is 3.13 bits per heavy atom. The van der Waals surface area contributed by atoms with Crippen LogP contribution in [0.2, 0.25) is 0 Å². The van der Waals surface area contributed by atoms with E-state index in [2.05, 4.69) is 43.6 Å². The number of hydrogen-bond donors (Lipinski definition) is 0. The third kappa shape index (κ3) is 3.78. The first-order valence-electron chi connectivity index (χ1n) is 5.24. The van der Waals surface area contributed by atoms with E-state index in [9.17, 15) is 0 Å². The lowest BCUT2D eigenvalue weighted by atomic mass is 10.2. The average Bonchev–Trinajstić information content (AvgIpc) is 2.46. The number of pyridine rings is 1.